The largest absolute Gasteiger partial charge is 0.465 e. The molecule has 1 atom stereocenters. The van der Waals surface area contributed by atoms with Crippen LogP contribution in [0.2, 0.25) is 0 Å². The number of nitrogens with zero attached hydrogens (tertiary/aromatic N) is 1. The molecule has 1 N–H and O–H groups in total. The highest BCUT2D eigenvalue weighted by Crippen LogP contribution is 2.20. The molecule has 0 radical (unpaired) electrons. The summed E-state index contributed by atoms with van der Waals surface area (Å²) in [4.78, 5) is 11.8. The summed E-state index contributed by atoms with van der Waals surface area (Å²) < 4.78 is 0. The zero-order valence-electron chi connectivity index (χ0n) is 5.79. The van der Waals surface area contributed by atoms with Crippen LogP contribution in [-0.2, 0) is 0 Å². The fraction of sp³-hybridized carbons (Fsp3) is 0.571. The summed E-state index contributed by atoms with van der Waals surface area (Å²) in [5.74, 6) is 0. The molecule has 0 aromatic rings. The van der Waals surface area contributed by atoms with Crippen molar-refractivity contribution in [1.82, 2.24) is 4.90 Å². The molecule has 1 heterocycles. The minimum atomic E-state index is -0.807. The monoisotopic (exact) mass is 141 g/mol. The fourth-order valence-corrected chi connectivity index (χ4v) is 1.13. The van der Waals surface area contributed by atoms with Gasteiger partial charge in [0.15, 0.2) is 0 Å². The molecule has 0 aromatic heterocycles. The zero-order chi connectivity index (χ0) is 7.56. The maximum absolute atomic E-state index is 10.4. The molecular formula is C7H11NO2. The Kier molecular flexibility index (Phi) is 1.94. The van der Waals surface area contributed by atoms with E-state index in [1.54, 1.807) is 6.08 Å². The molecule has 3 nitrogen and oxygen atoms in total. The van der Waals surface area contributed by atoms with E-state index in [4.69, 9.17) is 5.11 Å². The van der Waals surface area contributed by atoms with Crippen molar-refractivity contribution in [3.05, 3.63) is 12.7 Å². The van der Waals surface area contributed by atoms with Crippen LogP contribution in [-0.4, -0.2) is 28.7 Å². The van der Waals surface area contributed by atoms with Crippen molar-refractivity contribution < 1.29 is 9.90 Å². The van der Waals surface area contributed by atoms with Gasteiger partial charge in [-0.05, 0) is 12.8 Å². The Bertz CT molecular complexity index is 156. The number of amides is 1. The number of hydrogen-bond donors (Lipinski definition) is 1. The maximum atomic E-state index is 10.4. The van der Waals surface area contributed by atoms with Crippen LogP contribution in [0.25, 0.3) is 0 Å². The van der Waals surface area contributed by atoms with Gasteiger partial charge in [0.1, 0.15) is 0 Å². The fourth-order valence-electron chi connectivity index (χ4n) is 1.13. The van der Waals surface area contributed by atoms with E-state index in [0.29, 0.717) is 6.54 Å². The Morgan fingerprint density at radius 2 is 2.60 bits per heavy atom. The highest BCUT2D eigenvalue weighted by Gasteiger charge is 2.30. The summed E-state index contributed by atoms with van der Waals surface area (Å²) in [6, 6.07) is 0.204. The number of carbonyl (C=O) groups is 1. The number of carboxylic acid groups (broad SMARTS) is 1. The summed E-state index contributed by atoms with van der Waals surface area (Å²) in [6.45, 7) is 4.25. The first-order valence-corrected chi connectivity index (χ1v) is 3.36. The molecule has 3 heteroatoms. The second-order valence-corrected chi connectivity index (χ2v) is 2.44. The van der Waals surface area contributed by atoms with E-state index in [1.807, 2.05) is 0 Å². The summed E-state index contributed by atoms with van der Waals surface area (Å²) in [6.07, 6.45) is 2.72. The van der Waals surface area contributed by atoms with Gasteiger partial charge in [-0.3, -0.25) is 0 Å². The van der Waals surface area contributed by atoms with E-state index in [-0.39, 0.29) is 6.04 Å². The van der Waals surface area contributed by atoms with Gasteiger partial charge in [0.05, 0.1) is 0 Å². The van der Waals surface area contributed by atoms with E-state index in [2.05, 4.69) is 6.58 Å². The quantitative estimate of drug-likeness (QED) is 0.589. The maximum Gasteiger partial charge on any atom is 0.407 e. The first kappa shape index (κ1) is 7.12. The van der Waals surface area contributed by atoms with Crippen molar-refractivity contribution in [3.63, 3.8) is 0 Å². The lowest BCUT2D eigenvalue weighted by Gasteiger charge is -2.38. The predicted octanol–water partition coefficient (Wildman–Crippen LogP) is 1.31. The van der Waals surface area contributed by atoms with Crippen LogP contribution in [0, 0.1) is 0 Å². The molecule has 0 spiro atoms. The lowest BCUT2D eigenvalue weighted by atomic mass is 10.0. The summed E-state index contributed by atoms with van der Waals surface area (Å²) in [5, 5.41) is 8.52. The second-order valence-electron chi connectivity index (χ2n) is 2.44. The molecule has 10 heavy (non-hydrogen) atoms. The first-order valence-electron chi connectivity index (χ1n) is 3.36. The molecule has 1 amide bonds. The molecule has 0 saturated carbocycles. The number of likely N-dealkylation sites (tertiary alicyclic amines) is 1. The van der Waals surface area contributed by atoms with Crippen LogP contribution in [0.3, 0.4) is 0 Å². The summed E-state index contributed by atoms with van der Waals surface area (Å²) in [5.41, 5.74) is 0. The van der Waals surface area contributed by atoms with Gasteiger partial charge in [-0.25, -0.2) is 4.79 Å². The lowest BCUT2D eigenvalue weighted by Crippen LogP contribution is -2.50. The van der Waals surface area contributed by atoms with Gasteiger partial charge < -0.3 is 10.0 Å². The molecule has 1 saturated heterocycles. The van der Waals surface area contributed by atoms with Crippen LogP contribution in [0.5, 0.6) is 0 Å². The number of rotatable bonds is 2. The van der Waals surface area contributed by atoms with Crippen LogP contribution in [0.1, 0.15) is 12.8 Å². The van der Waals surface area contributed by atoms with Gasteiger partial charge >= 0.3 is 6.09 Å². The molecule has 0 bridgehead atoms. The summed E-state index contributed by atoms with van der Waals surface area (Å²) >= 11 is 0. The Morgan fingerprint density at radius 1 is 1.90 bits per heavy atom. The third-order valence-corrected chi connectivity index (χ3v) is 1.83. The van der Waals surface area contributed by atoms with E-state index in [9.17, 15) is 4.79 Å². The van der Waals surface area contributed by atoms with Crippen molar-refractivity contribution in [2.24, 2.45) is 0 Å². The normalized spacial score (nSPS) is 23.6. The van der Waals surface area contributed by atoms with Crippen LogP contribution < -0.4 is 0 Å². The molecule has 1 rings (SSSR count). The van der Waals surface area contributed by atoms with E-state index >= 15 is 0 Å². The second kappa shape index (κ2) is 2.73. The van der Waals surface area contributed by atoms with E-state index < -0.39 is 6.09 Å². The molecule has 0 aromatic carbocycles. The molecule has 56 valence electrons. The standard InChI is InChI=1S/C7H11NO2/c1-2-3-6-4-5-8(6)7(9)10/h2,6H,1,3-5H2,(H,9,10)/t6-/m0/s1. The van der Waals surface area contributed by atoms with E-state index in [1.165, 1.54) is 4.90 Å². The van der Waals surface area contributed by atoms with Crippen molar-refractivity contribution in [1.29, 1.82) is 0 Å². The van der Waals surface area contributed by atoms with Gasteiger partial charge in [-0.2, -0.15) is 0 Å². The van der Waals surface area contributed by atoms with Crippen LogP contribution >= 0.6 is 0 Å². The van der Waals surface area contributed by atoms with Gasteiger partial charge in [-0.1, -0.05) is 6.08 Å². The van der Waals surface area contributed by atoms with Crippen LogP contribution in [0.15, 0.2) is 12.7 Å². The van der Waals surface area contributed by atoms with Crippen molar-refractivity contribution >= 4 is 6.09 Å². The number of hydrogen-bond acceptors (Lipinski definition) is 1. The minimum Gasteiger partial charge on any atom is -0.465 e. The Labute approximate surface area is 59.9 Å². The zero-order valence-corrected chi connectivity index (χ0v) is 5.79. The van der Waals surface area contributed by atoms with Gasteiger partial charge in [0.25, 0.3) is 0 Å². The topological polar surface area (TPSA) is 40.5 Å². The first-order chi connectivity index (χ1) is 4.75. The smallest absolute Gasteiger partial charge is 0.407 e. The highest BCUT2D eigenvalue weighted by molar-refractivity contribution is 5.66. The van der Waals surface area contributed by atoms with Crippen LogP contribution in [0.4, 0.5) is 4.79 Å². The average molecular weight is 141 g/mol. The minimum absolute atomic E-state index is 0.204. The van der Waals surface area contributed by atoms with Gasteiger partial charge in [0.2, 0.25) is 0 Å². The molecule has 0 unspecified atom stereocenters. The van der Waals surface area contributed by atoms with Gasteiger partial charge in [-0.15, -0.1) is 6.58 Å². The predicted molar refractivity (Wildman–Crippen MR) is 37.9 cm³/mol. The Balaban J connectivity index is 2.35. The third kappa shape index (κ3) is 1.12. The summed E-state index contributed by atoms with van der Waals surface area (Å²) in [7, 11) is 0. The van der Waals surface area contributed by atoms with Crippen molar-refractivity contribution in [3.8, 4) is 0 Å². The third-order valence-electron chi connectivity index (χ3n) is 1.83. The molecule has 0 aliphatic carbocycles. The Hall–Kier alpha value is -0.990. The van der Waals surface area contributed by atoms with E-state index in [0.717, 1.165) is 12.8 Å². The Morgan fingerprint density at radius 3 is 2.90 bits per heavy atom. The molecule has 1 aliphatic rings. The van der Waals surface area contributed by atoms with Crippen molar-refractivity contribution in [2.45, 2.75) is 18.9 Å². The van der Waals surface area contributed by atoms with Gasteiger partial charge in [0, 0.05) is 12.6 Å². The molecular weight excluding hydrogens is 130 g/mol. The molecule has 1 fully saturated rings. The lowest BCUT2D eigenvalue weighted by molar-refractivity contribution is 0.0769. The molecule has 1 aliphatic heterocycles. The highest BCUT2D eigenvalue weighted by atomic mass is 16.4. The SMILES string of the molecule is C=CC[C@H]1CCN1C(=O)O. The average Bonchev–Trinajstić information content (AvgIpc) is 1.78. The van der Waals surface area contributed by atoms with Crippen molar-refractivity contribution in [2.75, 3.05) is 6.54 Å².